The Balaban J connectivity index is 1.50. The predicted octanol–water partition coefficient (Wildman–Crippen LogP) is 3.23. The van der Waals surface area contributed by atoms with Crippen LogP contribution in [0.15, 0.2) is 70.2 Å². The number of carbonyl (C=O) groups excluding carboxylic acids is 1. The SMILES string of the molecule is COc1ccc(C(=O)NCc2cc(C=NCc3ccccc3)no2)cc1. The molecule has 0 radical (unpaired) electrons. The van der Waals surface area contributed by atoms with Gasteiger partial charge in [0.15, 0.2) is 5.76 Å². The third-order valence-corrected chi connectivity index (χ3v) is 3.69. The second-order valence-corrected chi connectivity index (χ2v) is 5.58. The van der Waals surface area contributed by atoms with E-state index in [0.717, 1.165) is 5.56 Å². The molecular weight excluding hydrogens is 330 g/mol. The number of benzene rings is 2. The number of nitrogens with zero attached hydrogens (tertiary/aromatic N) is 2. The summed E-state index contributed by atoms with van der Waals surface area (Å²) < 4.78 is 10.3. The topological polar surface area (TPSA) is 76.7 Å². The van der Waals surface area contributed by atoms with Gasteiger partial charge in [0.05, 0.1) is 26.4 Å². The third kappa shape index (κ3) is 4.80. The second-order valence-electron chi connectivity index (χ2n) is 5.58. The number of rotatable bonds is 7. The Bertz CT molecular complexity index is 871. The summed E-state index contributed by atoms with van der Waals surface area (Å²) >= 11 is 0. The van der Waals surface area contributed by atoms with E-state index in [1.54, 1.807) is 43.7 Å². The normalized spacial score (nSPS) is 10.8. The van der Waals surface area contributed by atoms with Gasteiger partial charge < -0.3 is 14.6 Å². The summed E-state index contributed by atoms with van der Waals surface area (Å²) in [5.74, 6) is 1.08. The lowest BCUT2D eigenvalue weighted by Crippen LogP contribution is -2.22. The van der Waals surface area contributed by atoms with E-state index in [4.69, 9.17) is 9.26 Å². The van der Waals surface area contributed by atoms with Crippen LogP contribution >= 0.6 is 0 Å². The van der Waals surface area contributed by atoms with Gasteiger partial charge in [0.2, 0.25) is 0 Å². The number of hydrogen-bond donors (Lipinski definition) is 1. The number of amides is 1. The molecule has 1 heterocycles. The van der Waals surface area contributed by atoms with Crippen LogP contribution in [0.4, 0.5) is 0 Å². The molecule has 0 aliphatic rings. The Hall–Kier alpha value is -3.41. The van der Waals surface area contributed by atoms with Crippen LogP contribution in [-0.2, 0) is 13.1 Å². The molecule has 0 saturated carbocycles. The molecule has 132 valence electrons. The van der Waals surface area contributed by atoms with E-state index >= 15 is 0 Å². The molecule has 1 aromatic heterocycles. The van der Waals surface area contributed by atoms with Gasteiger partial charge in [-0.05, 0) is 29.8 Å². The van der Waals surface area contributed by atoms with E-state index in [-0.39, 0.29) is 12.5 Å². The first kappa shape index (κ1) is 17.4. The first-order valence-electron chi connectivity index (χ1n) is 8.16. The molecule has 0 unspecified atom stereocenters. The van der Waals surface area contributed by atoms with Crippen molar-refractivity contribution < 1.29 is 14.1 Å². The lowest BCUT2D eigenvalue weighted by atomic mass is 10.2. The van der Waals surface area contributed by atoms with Gasteiger partial charge in [-0.25, -0.2) is 0 Å². The van der Waals surface area contributed by atoms with Gasteiger partial charge in [0.1, 0.15) is 11.4 Å². The first-order chi connectivity index (χ1) is 12.7. The molecule has 0 bridgehead atoms. The molecule has 3 rings (SSSR count). The van der Waals surface area contributed by atoms with E-state index in [0.29, 0.717) is 29.3 Å². The zero-order chi connectivity index (χ0) is 18.2. The maximum absolute atomic E-state index is 12.1. The third-order valence-electron chi connectivity index (χ3n) is 3.69. The van der Waals surface area contributed by atoms with E-state index in [2.05, 4.69) is 15.5 Å². The van der Waals surface area contributed by atoms with Gasteiger partial charge in [-0.3, -0.25) is 9.79 Å². The van der Waals surface area contributed by atoms with Crippen LogP contribution in [0.2, 0.25) is 0 Å². The Kier molecular flexibility index (Phi) is 5.77. The highest BCUT2D eigenvalue weighted by Gasteiger charge is 2.08. The maximum Gasteiger partial charge on any atom is 0.251 e. The van der Waals surface area contributed by atoms with Crippen molar-refractivity contribution in [1.82, 2.24) is 10.5 Å². The number of ether oxygens (including phenoxy) is 1. The van der Waals surface area contributed by atoms with Crippen molar-refractivity contribution in [3.63, 3.8) is 0 Å². The van der Waals surface area contributed by atoms with Crippen LogP contribution < -0.4 is 10.1 Å². The summed E-state index contributed by atoms with van der Waals surface area (Å²) in [6, 6.07) is 18.6. The summed E-state index contributed by atoms with van der Waals surface area (Å²) in [5, 5.41) is 6.72. The van der Waals surface area contributed by atoms with Crippen LogP contribution in [0.1, 0.15) is 27.4 Å². The van der Waals surface area contributed by atoms with E-state index in [1.165, 1.54) is 0 Å². The molecule has 0 spiro atoms. The van der Waals surface area contributed by atoms with Crippen molar-refractivity contribution in [3.8, 4) is 5.75 Å². The van der Waals surface area contributed by atoms with E-state index in [9.17, 15) is 4.79 Å². The minimum atomic E-state index is -0.191. The number of aliphatic imine (C=N–C) groups is 1. The molecule has 6 nitrogen and oxygen atoms in total. The second kappa shape index (κ2) is 8.62. The lowest BCUT2D eigenvalue weighted by molar-refractivity contribution is 0.0947. The fourth-order valence-electron chi connectivity index (χ4n) is 2.31. The predicted molar refractivity (Wildman–Crippen MR) is 98.4 cm³/mol. The van der Waals surface area contributed by atoms with Crippen molar-refractivity contribution >= 4 is 12.1 Å². The molecule has 0 fully saturated rings. The molecule has 0 aliphatic heterocycles. The largest absolute Gasteiger partial charge is 0.497 e. The highest BCUT2D eigenvalue weighted by molar-refractivity contribution is 5.94. The summed E-state index contributed by atoms with van der Waals surface area (Å²) in [5.41, 5.74) is 2.30. The molecule has 6 heteroatoms. The van der Waals surface area contributed by atoms with Crippen molar-refractivity contribution in [2.75, 3.05) is 7.11 Å². The first-order valence-corrected chi connectivity index (χ1v) is 8.16. The highest BCUT2D eigenvalue weighted by atomic mass is 16.5. The summed E-state index contributed by atoms with van der Waals surface area (Å²) in [6.07, 6.45) is 1.66. The van der Waals surface area contributed by atoms with Crippen molar-refractivity contribution in [2.24, 2.45) is 4.99 Å². The van der Waals surface area contributed by atoms with Crippen LogP contribution in [0, 0.1) is 0 Å². The van der Waals surface area contributed by atoms with E-state index in [1.807, 2.05) is 30.3 Å². The van der Waals surface area contributed by atoms with Gasteiger partial charge in [0, 0.05) is 11.6 Å². The van der Waals surface area contributed by atoms with Gasteiger partial charge in [0.25, 0.3) is 5.91 Å². The Morgan fingerprint density at radius 2 is 1.96 bits per heavy atom. The molecule has 1 N–H and O–H groups in total. The lowest BCUT2D eigenvalue weighted by Gasteiger charge is -2.04. The fraction of sp³-hybridized carbons (Fsp3) is 0.150. The zero-order valence-electron chi connectivity index (χ0n) is 14.4. The van der Waals surface area contributed by atoms with Gasteiger partial charge in [-0.2, -0.15) is 0 Å². The molecule has 0 saturated heterocycles. The smallest absolute Gasteiger partial charge is 0.251 e. The van der Waals surface area contributed by atoms with Crippen LogP contribution in [-0.4, -0.2) is 24.4 Å². The number of carbonyl (C=O) groups is 1. The zero-order valence-corrected chi connectivity index (χ0v) is 14.4. The molecular formula is C20H19N3O3. The minimum absolute atomic E-state index is 0.191. The van der Waals surface area contributed by atoms with Crippen molar-refractivity contribution in [2.45, 2.75) is 13.1 Å². The van der Waals surface area contributed by atoms with Gasteiger partial charge in [-0.1, -0.05) is 35.5 Å². The van der Waals surface area contributed by atoms with Crippen LogP contribution in [0.25, 0.3) is 0 Å². The molecule has 0 atom stereocenters. The average Bonchev–Trinajstić information content (AvgIpc) is 3.15. The molecule has 26 heavy (non-hydrogen) atoms. The van der Waals surface area contributed by atoms with Crippen molar-refractivity contribution in [1.29, 1.82) is 0 Å². The molecule has 3 aromatic rings. The van der Waals surface area contributed by atoms with Gasteiger partial charge >= 0.3 is 0 Å². The summed E-state index contributed by atoms with van der Waals surface area (Å²) in [7, 11) is 1.58. The molecule has 2 aromatic carbocycles. The number of methoxy groups -OCH3 is 1. The standard InChI is InChI=1S/C20H19N3O3/c1-25-18-9-7-16(8-10-18)20(24)22-14-19-11-17(23-26-19)13-21-12-15-5-3-2-4-6-15/h2-11,13H,12,14H2,1H3,(H,22,24). The van der Waals surface area contributed by atoms with Crippen molar-refractivity contribution in [3.05, 3.63) is 83.2 Å². The maximum atomic E-state index is 12.1. The number of aromatic nitrogens is 1. The Labute approximate surface area is 151 Å². The monoisotopic (exact) mass is 349 g/mol. The molecule has 1 amide bonds. The highest BCUT2D eigenvalue weighted by Crippen LogP contribution is 2.11. The molecule has 0 aliphatic carbocycles. The fourth-order valence-corrected chi connectivity index (χ4v) is 2.31. The average molecular weight is 349 g/mol. The van der Waals surface area contributed by atoms with E-state index < -0.39 is 0 Å². The summed E-state index contributed by atoms with van der Waals surface area (Å²) in [4.78, 5) is 16.5. The summed E-state index contributed by atoms with van der Waals surface area (Å²) in [6.45, 7) is 0.835. The Morgan fingerprint density at radius 3 is 2.69 bits per heavy atom. The van der Waals surface area contributed by atoms with Gasteiger partial charge in [-0.15, -0.1) is 0 Å². The van der Waals surface area contributed by atoms with Crippen LogP contribution in [0.3, 0.4) is 0 Å². The minimum Gasteiger partial charge on any atom is -0.497 e. The Morgan fingerprint density at radius 1 is 1.19 bits per heavy atom. The number of hydrogen-bond acceptors (Lipinski definition) is 5. The van der Waals surface area contributed by atoms with Crippen LogP contribution in [0.5, 0.6) is 5.75 Å². The number of nitrogens with one attached hydrogen (secondary N) is 1. The quantitative estimate of drug-likeness (QED) is 0.664.